The Hall–Kier alpha value is -1.07. The van der Waals surface area contributed by atoms with E-state index < -0.39 is 0 Å². The van der Waals surface area contributed by atoms with E-state index in [9.17, 15) is 4.79 Å². The van der Waals surface area contributed by atoms with Gasteiger partial charge in [-0.3, -0.25) is 4.79 Å². The summed E-state index contributed by atoms with van der Waals surface area (Å²) in [6.07, 6.45) is 1.59. The van der Waals surface area contributed by atoms with E-state index in [4.69, 9.17) is 17.3 Å². The quantitative estimate of drug-likeness (QED) is 0.804. The smallest absolute Gasteiger partial charge is 0.287 e. The standard InChI is InChI=1S/C9H15ClN4O/c1-3-14(5-4-11)7-6-12-13(2)9(15)8(7)10/h6H,3-5,11H2,1-2H3. The fourth-order valence-electron chi connectivity index (χ4n) is 1.33. The Morgan fingerprint density at radius 1 is 1.67 bits per heavy atom. The third kappa shape index (κ3) is 2.49. The number of anilines is 1. The number of likely N-dealkylation sites (N-methyl/N-ethyl adjacent to an activating group) is 1. The number of nitrogens with two attached hydrogens (primary N) is 1. The second-order valence-corrected chi connectivity index (χ2v) is 3.52. The summed E-state index contributed by atoms with van der Waals surface area (Å²) in [5.41, 5.74) is 5.83. The Morgan fingerprint density at radius 3 is 2.87 bits per heavy atom. The van der Waals surface area contributed by atoms with Gasteiger partial charge in [-0.05, 0) is 6.92 Å². The van der Waals surface area contributed by atoms with Gasteiger partial charge in [-0.25, -0.2) is 4.68 Å². The van der Waals surface area contributed by atoms with Crippen molar-refractivity contribution in [3.05, 3.63) is 21.6 Å². The molecule has 0 aliphatic heterocycles. The number of nitrogens with zero attached hydrogens (tertiary/aromatic N) is 3. The van der Waals surface area contributed by atoms with Gasteiger partial charge in [0.25, 0.3) is 5.56 Å². The van der Waals surface area contributed by atoms with Crippen LogP contribution in [0.25, 0.3) is 0 Å². The van der Waals surface area contributed by atoms with E-state index in [-0.39, 0.29) is 10.6 Å². The molecule has 0 bridgehead atoms. The van der Waals surface area contributed by atoms with Gasteiger partial charge < -0.3 is 10.6 Å². The Labute approximate surface area is 93.4 Å². The highest BCUT2D eigenvalue weighted by Gasteiger charge is 2.12. The van der Waals surface area contributed by atoms with Crippen LogP contribution in [0, 0.1) is 0 Å². The molecule has 0 aliphatic carbocycles. The summed E-state index contributed by atoms with van der Waals surface area (Å²) in [6, 6.07) is 0. The van der Waals surface area contributed by atoms with Gasteiger partial charge in [-0.2, -0.15) is 5.10 Å². The Kier molecular flexibility index (Phi) is 4.11. The summed E-state index contributed by atoms with van der Waals surface area (Å²) < 4.78 is 1.21. The summed E-state index contributed by atoms with van der Waals surface area (Å²) in [5, 5.41) is 4.12. The van der Waals surface area contributed by atoms with Crippen LogP contribution in [-0.2, 0) is 7.05 Å². The number of rotatable bonds is 4. The van der Waals surface area contributed by atoms with E-state index in [1.54, 1.807) is 13.2 Å². The largest absolute Gasteiger partial charge is 0.368 e. The maximum absolute atomic E-state index is 11.5. The molecule has 1 aromatic heterocycles. The Balaban J connectivity index is 3.13. The van der Waals surface area contributed by atoms with Gasteiger partial charge in [-0.15, -0.1) is 0 Å². The minimum absolute atomic E-state index is 0.197. The lowest BCUT2D eigenvalue weighted by Crippen LogP contribution is -2.32. The van der Waals surface area contributed by atoms with Crippen molar-refractivity contribution in [3.63, 3.8) is 0 Å². The van der Waals surface area contributed by atoms with Crippen molar-refractivity contribution in [2.75, 3.05) is 24.5 Å². The second-order valence-electron chi connectivity index (χ2n) is 3.14. The molecular formula is C9H15ClN4O. The van der Waals surface area contributed by atoms with E-state index in [0.717, 1.165) is 6.54 Å². The molecule has 0 unspecified atom stereocenters. The third-order valence-electron chi connectivity index (χ3n) is 2.18. The van der Waals surface area contributed by atoms with Gasteiger partial charge in [0, 0.05) is 26.7 Å². The molecule has 0 fully saturated rings. The van der Waals surface area contributed by atoms with Crippen LogP contribution in [0.1, 0.15) is 6.92 Å². The zero-order valence-electron chi connectivity index (χ0n) is 8.90. The number of hydrogen-bond donors (Lipinski definition) is 1. The highest BCUT2D eigenvalue weighted by atomic mass is 35.5. The van der Waals surface area contributed by atoms with Gasteiger partial charge in [0.2, 0.25) is 0 Å². The number of hydrogen-bond acceptors (Lipinski definition) is 4. The molecule has 6 heteroatoms. The third-order valence-corrected chi connectivity index (χ3v) is 2.54. The van der Waals surface area contributed by atoms with Gasteiger partial charge in [0.05, 0.1) is 11.9 Å². The Morgan fingerprint density at radius 2 is 2.33 bits per heavy atom. The van der Waals surface area contributed by atoms with E-state index in [1.807, 2.05) is 11.8 Å². The molecule has 0 saturated carbocycles. The molecule has 0 aromatic carbocycles. The highest BCUT2D eigenvalue weighted by molar-refractivity contribution is 6.33. The van der Waals surface area contributed by atoms with E-state index in [2.05, 4.69) is 5.10 Å². The molecule has 5 nitrogen and oxygen atoms in total. The molecule has 0 aliphatic rings. The van der Waals surface area contributed by atoms with Gasteiger partial charge >= 0.3 is 0 Å². The summed E-state index contributed by atoms with van der Waals surface area (Å²) in [6.45, 7) is 3.89. The lowest BCUT2D eigenvalue weighted by molar-refractivity contribution is 0.699. The molecule has 1 aromatic rings. The average molecular weight is 231 g/mol. The van der Waals surface area contributed by atoms with Crippen LogP contribution in [0.2, 0.25) is 5.02 Å². The highest BCUT2D eigenvalue weighted by Crippen LogP contribution is 2.19. The molecule has 0 spiro atoms. The van der Waals surface area contributed by atoms with Crippen molar-refractivity contribution in [2.24, 2.45) is 12.8 Å². The molecule has 0 amide bonds. The maximum Gasteiger partial charge on any atom is 0.287 e. The van der Waals surface area contributed by atoms with Gasteiger partial charge in [0.1, 0.15) is 5.02 Å². The van der Waals surface area contributed by atoms with Crippen LogP contribution in [0.3, 0.4) is 0 Å². The maximum atomic E-state index is 11.5. The fraction of sp³-hybridized carbons (Fsp3) is 0.556. The minimum Gasteiger partial charge on any atom is -0.368 e. The topological polar surface area (TPSA) is 64.2 Å². The SMILES string of the molecule is CCN(CCN)c1cnn(C)c(=O)c1Cl. The molecule has 0 saturated heterocycles. The summed E-state index contributed by atoms with van der Waals surface area (Å²) in [7, 11) is 1.57. The molecule has 2 N–H and O–H groups in total. The normalized spacial score (nSPS) is 10.4. The first-order chi connectivity index (χ1) is 7.11. The van der Waals surface area contributed by atoms with Crippen LogP contribution in [0.5, 0.6) is 0 Å². The lowest BCUT2D eigenvalue weighted by atomic mass is 10.3. The predicted octanol–water partition coefficient (Wildman–Crippen LogP) is 0.219. The molecule has 1 rings (SSSR count). The monoisotopic (exact) mass is 230 g/mol. The second kappa shape index (κ2) is 5.14. The number of halogens is 1. The lowest BCUT2D eigenvalue weighted by Gasteiger charge is -2.22. The summed E-state index contributed by atoms with van der Waals surface area (Å²) >= 11 is 5.95. The number of aryl methyl sites for hydroxylation is 1. The molecule has 15 heavy (non-hydrogen) atoms. The van der Waals surface area contributed by atoms with Crippen molar-refractivity contribution >= 4 is 17.3 Å². The van der Waals surface area contributed by atoms with E-state index >= 15 is 0 Å². The van der Waals surface area contributed by atoms with Crippen molar-refractivity contribution in [2.45, 2.75) is 6.92 Å². The predicted molar refractivity (Wildman–Crippen MR) is 61.4 cm³/mol. The van der Waals surface area contributed by atoms with Gasteiger partial charge in [0.15, 0.2) is 0 Å². The van der Waals surface area contributed by atoms with Crippen molar-refractivity contribution in [1.82, 2.24) is 9.78 Å². The van der Waals surface area contributed by atoms with Crippen LogP contribution < -0.4 is 16.2 Å². The minimum atomic E-state index is -0.287. The van der Waals surface area contributed by atoms with Crippen molar-refractivity contribution < 1.29 is 0 Å². The Bertz CT molecular complexity index is 390. The zero-order valence-corrected chi connectivity index (χ0v) is 9.66. The summed E-state index contributed by atoms with van der Waals surface area (Å²) in [5.74, 6) is 0. The summed E-state index contributed by atoms with van der Waals surface area (Å²) in [4.78, 5) is 13.5. The molecule has 0 radical (unpaired) electrons. The zero-order chi connectivity index (χ0) is 11.4. The van der Waals surface area contributed by atoms with Gasteiger partial charge in [-0.1, -0.05) is 11.6 Å². The first-order valence-corrected chi connectivity index (χ1v) is 5.16. The van der Waals surface area contributed by atoms with E-state index in [1.165, 1.54) is 4.68 Å². The van der Waals surface area contributed by atoms with Crippen molar-refractivity contribution in [1.29, 1.82) is 0 Å². The average Bonchev–Trinajstić information content (AvgIpc) is 2.24. The van der Waals surface area contributed by atoms with Crippen LogP contribution in [-0.4, -0.2) is 29.4 Å². The molecule has 0 atom stereocenters. The van der Waals surface area contributed by atoms with Crippen LogP contribution in [0.4, 0.5) is 5.69 Å². The number of aromatic nitrogens is 2. The molecule has 1 heterocycles. The van der Waals surface area contributed by atoms with Crippen molar-refractivity contribution in [3.8, 4) is 0 Å². The fourth-order valence-corrected chi connectivity index (χ4v) is 1.62. The molecule has 84 valence electrons. The van der Waals surface area contributed by atoms with Crippen LogP contribution in [0.15, 0.2) is 11.0 Å². The molecular weight excluding hydrogens is 216 g/mol. The first kappa shape index (κ1) is 12.0. The van der Waals surface area contributed by atoms with E-state index in [0.29, 0.717) is 18.8 Å². The first-order valence-electron chi connectivity index (χ1n) is 4.78. The van der Waals surface area contributed by atoms with Crippen LogP contribution >= 0.6 is 11.6 Å².